The number of hydrogen-bond acceptors (Lipinski definition) is 5. The van der Waals surface area contributed by atoms with Crippen LogP contribution in [-0.2, 0) is 9.59 Å². The largest absolute Gasteiger partial charge is 0.338 e. The van der Waals surface area contributed by atoms with Crippen molar-refractivity contribution in [2.24, 2.45) is 0 Å². The molecule has 3 rings (SSSR count). The molecule has 0 saturated carbocycles. The van der Waals surface area contributed by atoms with Crippen LogP contribution in [0.1, 0.15) is 24.1 Å². The van der Waals surface area contributed by atoms with Gasteiger partial charge in [-0.05, 0) is 49.2 Å². The third-order valence-electron chi connectivity index (χ3n) is 4.79. The van der Waals surface area contributed by atoms with Crippen LogP contribution in [0.15, 0.2) is 61.2 Å². The summed E-state index contributed by atoms with van der Waals surface area (Å²) >= 11 is 1.31. The van der Waals surface area contributed by atoms with E-state index < -0.39 is 0 Å². The Morgan fingerprint density at radius 1 is 1.17 bits per heavy atom. The molecule has 0 aliphatic rings. The number of nitrogens with one attached hydrogen (secondary N) is 1. The van der Waals surface area contributed by atoms with E-state index in [0.717, 1.165) is 22.5 Å². The summed E-state index contributed by atoms with van der Waals surface area (Å²) in [4.78, 5) is 30.3. The average molecular weight is 424 g/mol. The maximum atomic E-state index is 12.5. The Labute approximate surface area is 180 Å². The summed E-state index contributed by atoms with van der Waals surface area (Å²) in [6.45, 7) is 3.96. The zero-order valence-electron chi connectivity index (χ0n) is 17.3. The highest BCUT2D eigenvalue weighted by molar-refractivity contribution is 8.00. The van der Waals surface area contributed by atoms with Gasteiger partial charge in [0, 0.05) is 12.7 Å². The quantitative estimate of drug-likeness (QED) is 0.600. The number of thioether (sulfide) groups is 1. The van der Waals surface area contributed by atoms with Gasteiger partial charge < -0.3 is 10.2 Å². The molecule has 0 aliphatic carbocycles. The molecule has 8 heteroatoms. The zero-order valence-corrected chi connectivity index (χ0v) is 18.1. The summed E-state index contributed by atoms with van der Waals surface area (Å²) in [5, 5.41) is 6.96. The van der Waals surface area contributed by atoms with Crippen LogP contribution in [0, 0.1) is 6.92 Å². The van der Waals surface area contributed by atoms with Gasteiger partial charge in [0.25, 0.3) is 0 Å². The van der Waals surface area contributed by atoms with Crippen LogP contribution in [0.5, 0.6) is 0 Å². The fourth-order valence-corrected chi connectivity index (χ4v) is 3.68. The van der Waals surface area contributed by atoms with Crippen molar-refractivity contribution in [3.8, 4) is 5.69 Å². The Bertz CT molecular complexity index is 989. The van der Waals surface area contributed by atoms with Crippen LogP contribution in [0.25, 0.3) is 5.69 Å². The molecular formula is C22H25N5O2S. The number of benzene rings is 2. The minimum Gasteiger partial charge on any atom is -0.338 e. The van der Waals surface area contributed by atoms with Crippen molar-refractivity contribution in [3.05, 3.63) is 72.3 Å². The molecule has 0 unspecified atom stereocenters. The van der Waals surface area contributed by atoms with Crippen LogP contribution in [-0.4, -0.2) is 50.0 Å². The Morgan fingerprint density at radius 2 is 1.93 bits per heavy atom. The highest BCUT2D eigenvalue weighted by Crippen LogP contribution is 2.21. The van der Waals surface area contributed by atoms with Crippen molar-refractivity contribution < 1.29 is 9.59 Å². The molecule has 156 valence electrons. The number of anilines is 1. The van der Waals surface area contributed by atoms with Crippen LogP contribution in [0.4, 0.5) is 5.69 Å². The van der Waals surface area contributed by atoms with Crippen LogP contribution in [0.2, 0.25) is 0 Å². The first kappa shape index (κ1) is 21.6. The Morgan fingerprint density at radius 3 is 2.60 bits per heavy atom. The first-order valence-corrected chi connectivity index (χ1v) is 10.7. The van der Waals surface area contributed by atoms with Crippen molar-refractivity contribution in [1.82, 2.24) is 19.7 Å². The van der Waals surface area contributed by atoms with E-state index in [2.05, 4.69) is 15.4 Å². The lowest BCUT2D eigenvalue weighted by Crippen LogP contribution is -2.31. The summed E-state index contributed by atoms with van der Waals surface area (Å²) in [7, 11) is 1.78. The number of hydrogen-bond donors (Lipinski definition) is 1. The Kier molecular flexibility index (Phi) is 7.24. The van der Waals surface area contributed by atoms with E-state index in [9.17, 15) is 9.59 Å². The van der Waals surface area contributed by atoms with Gasteiger partial charge in [-0.25, -0.2) is 9.67 Å². The van der Waals surface area contributed by atoms with Crippen molar-refractivity contribution in [2.45, 2.75) is 19.9 Å². The number of carbonyl (C=O) groups is 2. The first-order valence-electron chi connectivity index (χ1n) is 9.59. The standard InChI is InChI=1S/C22H25N5O2S/c1-16-5-4-6-19(11-16)25-21(28)12-30-13-22(29)26(3)17(2)18-7-9-20(10-8-18)27-15-23-14-24-27/h4-11,14-15,17H,12-13H2,1-3H3,(H,25,28)/t17-/m0/s1. The van der Waals surface area contributed by atoms with Crippen LogP contribution >= 0.6 is 11.8 Å². The van der Waals surface area contributed by atoms with Gasteiger partial charge in [-0.2, -0.15) is 5.10 Å². The number of amides is 2. The second-order valence-corrected chi connectivity index (χ2v) is 8.01. The smallest absolute Gasteiger partial charge is 0.234 e. The predicted molar refractivity (Wildman–Crippen MR) is 120 cm³/mol. The van der Waals surface area contributed by atoms with E-state index in [4.69, 9.17) is 0 Å². The van der Waals surface area contributed by atoms with Gasteiger partial charge in [0.1, 0.15) is 12.7 Å². The lowest BCUT2D eigenvalue weighted by molar-refractivity contribution is -0.128. The summed E-state index contributed by atoms with van der Waals surface area (Å²) in [6.07, 6.45) is 3.13. The van der Waals surface area contributed by atoms with Crippen LogP contribution in [0.3, 0.4) is 0 Å². The monoisotopic (exact) mass is 423 g/mol. The fraction of sp³-hybridized carbons (Fsp3) is 0.273. The second kappa shape index (κ2) is 10.1. The number of nitrogens with zero attached hydrogens (tertiary/aromatic N) is 4. The van der Waals surface area contributed by atoms with E-state index >= 15 is 0 Å². The molecule has 2 amide bonds. The molecule has 1 atom stereocenters. The van der Waals surface area contributed by atoms with Gasteiger partial charge in [-0.1, -0.05) is 24.3 Å². The van der Waals surface area contributed by atoms with Gasteiger partial charge in [0.2, 0.25) is 11.8 Å². The lowest BCUT2D eigenvalue weighted by Gasteiger charge is -2.25. The van der Waals surface area contributed by atoms with E-state index in [1.54, 1.807) is 23.0 Å². The second-order valence-electron chi connectivity index (χ2n) is 7.02. The van der Waals surface area contributed by atoms with Crippen molar-refractivity contribution >= 4 is 29.3 Å². The predicted octanol–water partition coefficient (Wildman–Crippen LogP) is 3.47. The van der Waals surface area contributed by atoms with Crippen molar-refractivity contribution in [1.29, 1.82) is 0 Å². The molecule has 7 nitrogen and oxygen atoms in total. The number of rotatable bonds is 8. The molecule has 2 aromatic carbocycles. The van der Waals surface area contributed by atoms with E-state index in [0.29, 0.717) is 0 Å². The third kappa shape index (κ3) is 5.70. The fourth-order valence-electron chi connectivity index (χ4n) is 2.94. The number of aromatic nitrogens is 3. The van der Waals surface area contributed by atoms with Gasteiger partial charge in [0.15, 0.2) is 0 Å². The van der Waals surface area contributed by atoms with Gasteiger partial charge in [-0.15, -0.1) is 11.8 Å². The number of carbonyl (C=O) groups excluding carboxylic acids is 2. The van der Waals surface area contributed by atoms with Crippen molar-refractivity contribution in [3.63, 3.8) is 0 Å². The average Bonchev–Trinajstić information content (AvgIpc) is 3.27. The first-order chi connectivity index (χ1) is 14.4. The molecule has 0 spiro atoms. The normalized spacial score (nSPS) is 11.7. The number of aryl methyl sites for hydroxylation is 1. The summed E-state index contributed by atoms with van der Waals surface area (Å²) in [6, 6.07) is 15.4. The molecule has 0 aliphatic heterocycles. The van der Waals surface area contributed by atoms with Gasteiger partial charge >= 0.3 is 0 Å². The van der Waals surface area contributed by atoms with Crippen LogP contribution < -0.4 is 5.32 Å². The van der Waals surface area contributed by atoms with E-state index in [1.807, 2.05) is 62.4 Å². The SMILES string of the molecule is Cc1cccc(NC(=O)CSCC(=O)N(C)[C@@H](C)c2ccc(-n3cncn3)cc2)c1. The highest BCUT2D eigenvalue weighted by Gasteiger charge is 2.18. The van der Waals surface area contributed by atoms with Gasteiger partial charge in [-0.3, -0.25) is 9.59 Å². The molecule has 0 bridgehead atoms. The molecule has 1 heterocycles. The maximum absolute atomic E-state index is 12.5. The highest BCUT2D eigenvalue weighted by atomic mass is 32.2. The third-order valence-corrected chi connectivity index (χ3v) is 5.71. The summed E-state index contributed by atoms with van der Waals surface area (Å²) < 4.78 is 1.68. The molecule has 0 radical (unpaired) electrons. The van der Waals surface area contributed by atoms with Gasteiger partial charge in [0.05, 0.1) is 23.2 Å². The maximum Gasteiger partial charge on any atom is 0.234 e. The summed E-state index contributed by atoms with van der Waals surface area (Å²) in [5.74, 6) is 0.349. The molecule has 1 aromatic heterocycles. The molecule has 0 saturated heterocycles. The topological polar surface area (TPSA) is 80.1 Å². The molecule has 0 fully saturated rings. The summed E-state index contributed by atoms with van der Waals surface area (Å²) in [5.41, 5.74) is 3.79. The Hall–Kier alpha value is -3.13. The van der Waals surface area contributed by atoms with Crippen molar-refractivity contribution in [2.75, 3.05) is 23.9 Å². The van der Waals surface area contributed by atoms with E-state index in [1.165, 1.54) is 18.1 Å². The van der Waals surface area contributed by atoms with E-state index in [-0.39, 0.29) is 29.4 Å². The lowest BCUT2D eigenvalue weighted by atomic mass is 10.1. The molecular weight excluding hydrogens is 398 g/mol. The molecule has 30 heavy (non-hydrogen) atoms. The zero-order chi connectivity index (χ0) is 21.5. The Balaban J connectivity index is 1.47. The minimum atomic E-state index is -0.113. The molecule has 3 aromatic rings. The minimum absolute atomic E-state index is 0.0174. The molecule has 1 N–H and O–H groups in total.